The van der Waals surface area contributed by atoms with E-state index in [0.29, 0.717) is 6.54 Å². The Kier molecular flexibility index (Phi) is 3.73. The number of anilines is 1. The molecule has 0 aliphatic rings. The van der Waals surface area contributed by atoms with Crippen LogP contribution in [0.2, 0.25) is 0 Å². The molecule has 0 aliphatic carbocycles. The van der Waals surface area contributed by atoms with Crippen molar-refractivity contribution in [2.24, 2.45) is 0 Å². The average molecular weight is 288 g/mol. The van der Waals surface area contributed by atoms with E-state index in [1.54, 1.807) is 12.1 Å². The van der Waals surface area contributed by atoms with Gasteiger partial charge in [0.25, 0.3) is 0 Å². The molecule has 0 spiro atoms. The number of nitrogens with one attached hydrogen (secondary N) is 2. The van der Waals surface area contributed by atoms with Crippen molar-refractivity contribution in [3.63, 3.8) is 0 Å². The maximum absolute atomic E-state index is 12.1. The van der Waals surface area contributed by atoms with Gasteiger partial charge >= 0.3 is 6.61 Å². The first-order valence-corrected chi connectivity index (χ1v) is 6.56. The second-order valence-electron chi connectivity index (χ2n) is 4.62. The molecular formula is C16H14F2N2O. The van der Waals surface area contributed by atoms with Crippen molar-refractivity contribution in [2.45, 2.75) is 13.2 Å². The lowest BCUT2D eigenvalue weighted by Crippen LogP contribution is -2.02. The molecule has 0 radical (unpaired) electrons. The number of benzene rings is 2. The minimum atomic E-state index is -2.80. The van der Waals surface area contributed by atoms with E-state index in [4.69, 9.17) is 0 Å². The van der Waals surface area contributed by atoms with Crippen molar-refractivity contribution in [1.29, 1.82) is 0 Å². The second kappa shape index (κ2) is 5.83. The van der Waals surface area contributed by atoms with Crippen molar-refractivity contribution in [3.05, 3.63) is 60.3 Å². The number of hydrogen-bond donors (Lipinski definition) is 2. The molecule has 3 rings (SSSR count). The van der Waals surface area contributed by atoms with Gasteiger partial charge in [0.1, 0.15) is 5.75 Å². The summed E-state index contributed by atoms with van der Waals surface area (Å²) in [6, 6.07) is 14.5. The summed E-state index contributed by atoms with van der Waals surface area (Å²) in [6.07, 6.45) is 1.96. The van der Waals surface area contributed by atoms with Crippen LogP contribution in [-0.2, 0) is 6.54 Å². The van der Waals surface area contributed by atoms with Gasteiger partial charge in [-0.1, -0.05) is 18.2 Å². The van der Waals surface area contributed by atoms with E-state index >= 15 is 0 Å². The third-order valence-corrected chi connectivity index (χ3v) is 3.24. The predicted octanol–water partition coefficient (Wildman–Crippen LogP) is 4.38. The predicted molar refractivity (Wildman–Crippen MR) is 78.7 cm³/mol. The number of aromatic nitrogens is 1. The van der Waals surface area contributed by atoms with Gasteiger partial charge < -0.3 is 15.0 Å². The fourth-order valence-corrected chi connectivity index (χ4v) is 2.23. The molecule has 0 aliphatic heterocycles. The van der Waals surface area contributed by atoms with E-state index in [9.17, 15) is 8.78 Å². The number of alkyl halides is 2. The lowest BCUT2D eigenvalue weighted by atomic mass is 10.2. The summed E-state index contributed by atoms with van der Waals surface area (Å²) in [5.41, 5.74) is 3.09. The normalized spacial score (nSPS) is 11.0. The highest BCUT2D eigenvalue weighted by molar-refractivity contribution is 5.83. The molecule has 3 nitrogen and oxygen atoms in total. The van der Waals surface area contributed by atoms with Crippen molar-refractivity contribution < 1.29 is 13.5 Å². The number of rotatable bonds is 5. The monoisotopic (exact) mass is 288 g/mol. The second-order valence-corrected chi connectivity index (χ2v) is 4.62. The maximum Gasteiger partial charge on any atom is 0.387 e. The van der Waals surface area contributed by atoms with Crippen LogP contribution in [0, 0.1) is 0 Å². The molecular weight excluding hydrogens is 274 g/mol. The van der Waals surface area contributed by atoms with Gasteiger partial charge in [0.05, 0.1) is 0 Å². The highest BCUT2D eigenvalue weighted by Crippen LogP contribution is 2.21. The molecule has 21 heavy (non-hydrogen) atoms. The number of halogens is 2. The molecule has 3 aromatic rings. The lowest BCUT2D eigenvalue weighted by molar-refractivity contribution is -0.0498. The fourth-order valence-electron chi connectivity index (χ4n) is 2.23. The van der Waals surface area contributed by atoms with E-state index in [-0.39, 0.29) is 5.75 Å². The summed E-state index contributed by atoms with van der Waals surface area (Å²) in [6.45, 7) is -2.14. The molecule has 2 N–H and O–H groups in total. The zero-order chi connectivity index (χ0) is 14.7. The third kappa shape index (κ3) is 3.13. The molecule has 0 amide bonds. The summed E-state index contributed by atoms with van der Waals surface area (Å²) >= 11 is 0. The van der Waals surface area contributed by atoms with Gasteiger partial charge in [-0.15, -0.1) is 0 Å². The van der Waals surface area contributed by atoms with Gasteiger partial charge in [0.2, 0.25) is 0 Å². The smallest absolute Gasteiger partial charge is 0.387 e. The van der Waals surface area contributed by atoms with Crippen LogP contribution in [-0.4, -0.2) is 11.6 Å². The van der Waals surface area contributed by atoms with E-state index in [1.807, 2.05) is 24.4 Å². The zero-order valence-corrected chi connectivity index (χ0v) is 11.1. The van der Waals surface area contributed by atoms with Gasteiger partial charge in [0.15, 0.2) is 0 Å². The van der Waals surface area contributed by atoms with Crippen LogP contribution in [0.1, 0.15) is 5.56 Å². The molecule has 0 bridgehead atoms. The van der Waals surface area contributed by atoms with Crippen LogP contribution in [0.25, 0.3) is 10.9 Å². The van der Waals surface area contributed by atoms with Crippen molar-refractivity contribution in [3.8, 4) is 5.75 Å². The average Bonchev–Trinajstić information content (AvgIpc) is 2.89. The number of hydrogen-bond acceptors (Lipinski definition) is 2. The third-order valence-electron chi connectivity index (χ3n) is 3.24. The van der Waals surface area contributed by atoms with Crippen molar-refractivity contribution in [1.82, 2.24) is 4.98 Å². The van der Waals surface area contributed by atoms with E-state index in [1.165, 1.54) is 17.5 Å². The number of aromatic amines is 1. The summed E-state index contributed by atoms with van der Waals surface area (Å²) < 4.78 is 28.4. The number of fused-ring (bicyclic) bond motifs is 1. The molecule has 0 saturated heterocycles. The summed E-state index contributed by atoms with van der Waals surface area (Å²) in [4.78, 5) is 3.21. The Labute approximate surface area is 120 Å². The van der Waals surface area contributed by atoms with Crippen LogP contribution in [0.3, 0.4) is 0 Å². The summed E-state index contributed by atoms with van der Waals surface area (Å²) in [7, 11) is 0. The van der Waals surface area contributed by atoms with E-state index in [0.717, 1.165) is 16.8 Å². The van der Waals surface area contributed by atoms with E-state index < -0.39 is 6.61 Å². The molecule has 0 atom stereocenters. The Morgan fingerprint density at radius 1 is 1.05 bits per heavy atom. The van der Waals surface area contributed by atoms with Crippen LogP contribution < -0.4 is 10.1 Å². The first-order valence-electron chi connectivity index (χ1n) is 6.56. The zero-order valence-electron chi connectivity index (χ0n) is 11.1. The van der Waals surface area contributed by atoms with Gasteiger partial charge in [-0.2, -0.15) is 8.78 Å². The Balaban J connectivity index is 1.67. The lowest BCUT2D eigenvalue weighted by Gasteiger charge is -2.08. The Morgan fingerprint density at radius 3 is 2.57 bits per heavy atom. The SMILES string of the molecule is FC(F)Oc1ccc(NCc2c[nH]c3ccccc23)cc1. The fraction of sp³-hybridized carbons (Fsp3) is 0.125. The molecule has 108 valence electrons. The largest absolute Gasteiger partial charge is 0.435 e. The van der Waals surface area contributed by atoms with Gasteiger partial charge in [-0.3, -0.25) is 0 Å². The molecule has 0 saturated carbocycles. The molecule has 0 unspecified atom stereocenters. The minimum Gasteiger partial charge on any atom is -0.435 e. The number of ether oxygens (including phenoxy) is 1. The summed E-state index contributed by atoms with van der Waals surface area (Å²) in [5, 5.41) is 4.43. The quantitative estimate of drug-likeness (QED) is 0.731. The van der Waals surface area contributed by atoms with Gasteiger partial charge in [0, 0.05) is 29.3 Å². The van der Waals surface area contributed by atoms with Gasteiger partial charge in [-0.25, -0.2) is 0 Å². The maximum atomic E-state index is 12.1. The number of para-hydroxylation sites is 1. The Morgan fingerprint density at radius 2 is 1.81 bits per heavy atom. The topological polar surface area (TPSA) is 37.0 Å². The molecule has 1 heterocycles. The van der Waals surface area contributed by atoms with Gasteiger partial charge in [-0.05, 0) is 35.9 Å². The van der Waals surface area contributed by atoms with E-state index in [2.05, 4.69) is 21.1 Å². The van der Waals surface area contributed by atoms with Crippen LogP contribution in [0.4, 0.5) is 14.5 Å². The number of H-pyrrole nitrogens is 1. The van der Waals surface area contributed by atoms with Crippen LogP contribution >= 0.6 is 0 Å². The Bertz CT molecular complexity index is 722. The van der Waals surface area contributed by atoms with Crippen molar-refractivity contribution in [2.75, 3.05) is 5.32 Å². The highest BCUT2D eigenvalue weighted by atomic mass is 19.3. The van der Waals surface area contributed by atoms with Crippen LogP contribution in [0.15, 0.2) is 54.7 Å². The standard InChI is InChI=1S/C16H14F2N2O/c17-16(18)21-13-7-5-12(6-8-13)19-9-11-10-20-15-4-2-1-3-14(11)15/h1-8,10,16,19-20H,9H2. The molecule has 5 heteroatoms. The van der Waals surface area contributed by atoms with Crippen molar-refractivity contribution >= 4 is 16.6 Å². The Hall–Kier alpha value is -2.56. The summed E-state index contributed by atoms with van der Waals surface area (Å²) in [5.74, 6) is 0.155. The first-order chi connectivity index (χ1) is 10.2. The molecule has 1 aromatic heterocycles. The van der Waals surface area contributed by atoms with Crippen LogP contribution in [0.5, 0.6) is 5.75 Å². The first kappa shape index (κ1) is 13.4. The highest BCUT2D eigenvalue weighted by Gasteiger charge is 2.05. The molecule has 2 aromatic carbocycles. The molecule has 0 fully saturated rings. The minimum absolute atomic E-state index is 0.155.